The molecule has 1 amide bonds. The summed E-state index contributed by atoms with van der Waals surface area (Å²) in [5.74, 6) is 0.404. The summed E-state index contributed by atoms with van der Waals surface area (Å²) >= 11 is 7.54. The highest BCUT2D eigenvalue weighted by atomic mass is 35.5. The predicted octanol–water partition coefficient (Wildman–Crippen LogP) is 3.99. The SMILES string of the molecule is O=C(c1ccccc1Cl)N1CCN=C1SCc1ccc([N+](=O)[O-])cc1. The second-order valence-electron chi connectivity index (χ2n) is 5.31. The zero-order chi connectivity index (χ0) is 17.8. The molecule has 0 saturated heterocycles. The molecule has 128 valence electrons. The maximum atomic E-state index is 12.7. The van der Waals surface area contributed by atoms with Gasteiger partial charge in [0.25, 0.3) is 11.6 Å². The largest absolute Gasteiger partial charge is 0.286 e. The van der Waals surface area contributed by atoms with E-state index >= 15 is 0 Å². The fourth-order valence-electron chi connectivity index (χ4n) is 2.38. The number of amides is 1. The van der Waals surface area contributed by atoms with Crippen molar-refractivity contribution in [2.24, 2.45) is 4.99 Å². The molecule has 0 aromatic heterocycles. The lowest BCUT2D eigenvalue weighted by atomic mass is 10.2. The van der Waals surface area contributed by atoms with Gasteiger partial charge in [-0.3, -0.25) is 24.8 Å². The molecule has 0 saturated carbocycles. The summed E-state index contributed by atoms with van der Waals surface area (Å²) in [4.78, 5) is 28.9. The molecular weight excluding hydrogens is 362 g/mol. The number of halogens is 1. The van der Waals surface area contributed by atoms with E-state index in [2.05, 4.69) is 4.99 Å². The number of carbonyl (C=O) groups excluding carboxylic acids is 1. The minimum atomic E-state index is -0.429. The van der Waals surface area contributed by atoms with E-state index in [1.165, 1.54) is 23.9 Å². The number of hydrogen-bond acceptors (Lipinski definition) is 5. The minimum Gasteiger partial charge on any atom is -0.286 e. The van der Waals surface area contributed by atoms with E-state index in [4.69, 9.17) is 11.6 Å². The average Bonchev–Trinajstić information content (AvgIpc) is 3.08. The van der Waals surface area contributed by atoms with Gasteiger partial charge in [0.2, 0.25) is 0 Å². The van der Waals surface area contributed by atoms with Crippen LogP contribution in [0.4, 0.5) is 5.69 Å². The third kappa shape index (κ3) is 4.00. The van der Waals surface area contributed by atoms with Crippen molar-refractivity contribution < 1.29 is 9.72 Å². The van der Waals surface area contributed by atoms with Crippen LogP contribution in [0.25, 0.3) is 0 Å². The van der Waals surface area contributed by atoms with Crippen LogP contribution in [-0.2, 0) is 5.75 Å². The molecule has 6 nitrogen and oxygen atoms in total. The zero-order valence-corrected chi connectivity index (χ0v) is 14.7. The molecule has 0 unspecified atom stereocenters. The number of nitrogens with zero attached hydrogens (tertiary/aromatic N) is 3. The summed E-state index contributed by atoms with van der Waals surface area (Å²) in [6.07, 6.45) is 0. The Balaban J connectivity index is 1.67. The van der Waals surface area contributed by atoms with E-state index in [9.17, 15) is 14.9 Å². The second-order valence-corrected chi connectivity index (χ2v) is 6.66. The molecule has 0 N–H and O–H groups in total. The number of benzene rings is 2. The number of amidine groups is 1. The van der Waals surface area contributed by atoms with Gasteiger partial charge in [0.1, 0.15) is 0 Å². The lowest BCUT2D eigenvalue weighted by Gasteiger charge is -2.18. The lowest BCUT2D eigenvalue weighted by molar-refractivity contribution is -0.384. The molecular formula is C17H14ClN3O3S. The van der Waals surface area contributed by atoms with Gasteiger partial charge in [-0.25, -0.2) is 0 Å². The van der Waals surface area contributed by atoms with Crippen LogP contribution < -0.4 is 0 Å². The van der Waals surface area contributed by atoms with Gasteiger partial charge in [0.15, 0.2) is 5.17 Å². The summed E-state index contributed by atoms with van der Waals surface area (Å²) in [6.45, 7) is 1.07. The summed E-state index contributed by atoms with van der Waals surface area (Å²) < 4.78 is 0. The van der Waals surface area contributed by atoms with Crippen LogP contribution in [0.1, 0.15) is 15.9 Å². The summed E-state index contributed by atoms with van der Waals surface area (Å²) in [5.41, 5.74) is 1.44. The van der Waals surface area contributed by atoms with Crippen molar-refractivity contribution in [2.45, 2.75) is 5.75 Å². The van der Waals surface area contributed by atoms with E-state index in [1.807, 2.05) is 0 Å². The van der Waals surface area contributed by atoms with E-state index in [1.54, 1.807) is 41.3 Å². The zero-order valence-electron chi connectivity index (χ0n) is 13.1. The fourth-order valence-corrected chi connectivity index (χ4v) is 3.60. The smallest absolute Gasteiger partial charge is 0.269 e. The quantitative estimate of drug-likeness (QED) is 0.598. The Kier molecular flexibility index (Phi) is 5.35. The van der Waals surface area contributed by atoms with E-state index < -0.39 is 4.92 Å². The first-order valence-corrected chi connectivity index (χ1v) is 8.89. The topological polar surface area (TPSA) is 75.8 Å². The maximum Gasteiger partial charge on any atom is 0.269 e. The maximum absolute atomic E-state index is 12.7. The van der Waals surface area contributed by atoms with Gasteiger partial charge in [-0.05, 0) is 17.7 Å². The number of thioether (sulfide) groups is 1. The summed E-state index contributed by atoms with van der Waals surface area (Å²) in [7, 11) is 0. The Morgan fingerprint density at radius 3 is 2.64 bits per heavy atom. The fraction of sp³-hybridized carbons (Fsp3) is 0.176. The molecule has 0 aliphatic carbocycles. The summed E-state index contributed by atoms with van der Waals surface area (Å²) in [6, 6.07) is 13.3. The van der Waals surface area contributed by atoms with Gasteiger partial charge < -0.3 is 0 Å². The molecule has 0 fully saturated rings. The standard InChI is InChI=1S/C17H14ClN3O3S/c18-15-4-2-1-3-14(15)16(22)20-10-9-19-17(20)25-11-12-5-7-13(8-6-12)21(23)24/h1-8H,9-11H2. The van der Waals surface area contributed by atoms with E-state index in [0.717, 1.165) is 5.56 Å². The molecule has 2 aromatic carbocycles. The van der Waals surface area contributed by atoms with Gasteiger partial charge in [0, 0.05) is 24.4 Å². The van der Waals surface area contributed by atoms with Crippen molar-refractivity contribution in [3.8, 4) is 0 Å². The van der Waals surface area contributed by atoms with Gasteiger partial charge in [-0.2, -0.15) is 0 Å². The van der Waals surface area contributed by atoms with Crippen LogP contribution in [0.15, 0.2) is 53.5 Å². The molecule has 2 aromatic rings. The average molecular weight is 376 g/mol. The first-order chi connectivity index (χ1) is 12.1. The van der Waals surface area contributed by atoms with Crippen LogP contribution in [0, 0.1) is 10.1 Å². The predicted molar refractivity (Wildman–Crippen MR) is 99.2 cm³/mol. The van der Waals surface area contributed by atoms with Crippen molar-refractivity contribution in [1.29, 1.82) is 0 Å². The number of non-ortho nitro benzene ring substituents is 1. The van der Waals surface area contributed by atoms with Gasteiger partial charge in [-0.15, -0.1) is 0 Å². The van der Waals surface area contributed by atoms with Gasteiger partial charge in [-0.1, -0.05) is 47.6 Å². The van der Waals surface area contributed by atoms with Crippen molar-refractivity contribution >= 4 is 40.1 Å². The lowest BCUT2D eigenvalue weighted by Crippen LogP contribution is -2.33. The third-order valence-corrected chi connectivity index (χ3v) is 5.08. The highest BCUT2D eigenvalue weighted by Gasteiger charge is 2.26. The monoisotopic (exact) mass is 375 g/mol. The van der Waals surface area contributed by atoms with Crippen LogP contribution >= 0.6 is 23.4 Å². The molecule has 1 aliphatic rings. The number of aliphatic imine (C=N–C) groups is 1. The van der Waals surface area contributed by atoms with Crippen LogP contribution in [0.5, 0.6) is 0 Å². The first-order valence-electron chi connectivity index (χ1n) is 7.53. The highest BCUT2D eigenvalue weighted by Crippen LogP contribution is 2.24. The molecule has 8 heteroatoms. The van der Waals surface area contributed by atoms with Gasteiger partial charge >= 0.3 is 0 Å². The molecule has 3 rings (SSSR count). The van der Waals surface area contributed by atoms with Crippen molar-refractivity contribution in [2.75, 3.05) is 13.1 Å². The van der Waals surface area contributed by atoms with Crippen molar-refractivity contribution in [1.82, 2.24) is 4.90 Å². The molecule has 0 spiro atoms. The molecule has 0 bridgehead atoms. The number of rotatable bonds is 4. The Hall–Kier alpha value is -2.38. The molecule has 1 aliphatic heterocycles. The number of nitro benzene ring substituents is 1. The number of carbonyl (C=O) groups is 1. The van der Waals surface area contributed by atoms with Crippen molar-refractivity contribution in [3.05, 3.63) is 74.8 Å². The Morgan fingerprint density at radius 2 is 1.96 bits per heavy atom. The number of nitro groups is 1. The minimum absolute atomic E-state index is 0.0579. The van der Waals surface area contributed by atoms with Gasteiger partial charge in [0.05, 0.1) is 22.1 Å². The third-order valence-electron chi connectivity index (χ3n) is 3.67. The Labute approximate surface area is 153 Å². The van der Waals surface area contributed by atoms with Crippen LogP contribution in [0.2, 0.25) is 5.02 Å². The Morgan fingerprint density at radius 1 is 1.24 bits per heavy atom. The molecule has 25 heavy (non-hydrogen) atoms. The Bertz CT molecular complexity index is 839. The first kappa shape index (κ1) is 17.4. The highest BCUT2D eigenvalue weighted by molar-refractivity contribution is 8.13. The van der Waals surface area contributed by atoms with E-state index in [-0.39, 0.29) is 11.6 Å². The van der Waals surface area contributed by atoms with Crippen LogP contribution in [0.3, 0.4) is 0 Å². The van der Waals surface area contributed by atoms with Crippen molar-refractivity contribution in [3.63, 3.8) is 0 Å². The second kappa shape index (κ2) is 7.67. The molecule has 0 radical (unpaired) electrons. The summed E-state index contributed by atoms with van der Waals surface area (Å²) in [5, 5.41) is 11.7. The number of hydrogen-bond donors (Lipinski definition) is 0. The molecule has 0 atom stereocenters. The van der Waals surface area contributed by atoms with Crippen LogP contribution in [-0.4, -0.2) is 34.0 Å². The molecule has 1 heterocycles. The normalized spacial score (nSPS) is 13.6. The van der Waals surface area contributed by atoms with E-state index in [0.29, 0.717) is 34.6 Å².